The Bertz CT molecular complexity index is 548. The second kappa shape index (κ2) is 5.96. The standard InChI is InChI=1S/C12H13FN4O2/c13-10-7-15-12(17-11(10)14)16-8-1-3-9(4-2-8)19-6-5-18/h1-4,7,18H,5-6H2,(H3,14,15,16,17). The van der Waals surface area contributed by atoms with Crippen LogP contribution in [0.25, 0.3) is 0 Å². The number of hydrogen-bond acceptors (Lipinski definition) is 6. The molecule has 0 amide bonds. The maximum atomic E-state index is 12.9. The third kappa shape index (κ3) is 3.52. The number of nitrogen functional groups attached to an aromatic ring is 1. The molecule has 0 saturated carbocycles. The molecular formula is C12H13FN4O2. The van der Waals surface area contributed by atoms with Gasteiger partial charge in [-0.1, -0.05) is 0 Å². The summed E-state index contributed by atoms with van der Waals surface area (Å²) in [7, 11) is 0. The number of ether oxygens (including phenoxy) is 1. The predicted octanol–water partition coefficient (Wildman–Crippen LogP) is 1.31. The maximum Gasteiger partial charge on any atom is 0.229 e. The van der Waals surface area contributed by atoms with Gasteiger partial charge in [-0.05, 0) is 24.3 Å². The van der Waals surface area contributed by atoms with Gasteiger partial charge < -0.3 is 20.9 Å². The van der Waals surface area contributed by atoms with Gasteiger partial charge in [0.05, 0.1) is 12.8 Å². The molecular weight excluding hydrogens is 251 g/mol. The molecule has 100 valence electrons. The minimum atomic E-state index is -0.654. The largest absolute Gasteiger partial charge is 0.491 e. The monoisotopic (exact) mass is 264 g/mol. The summed E-state index contributed by atoms with van der Waals surface area (Å²) in [5.41, 5.74) is 6.05. The highest BCUT2D eigenvalue weighted by molar-refractivity contribution is 5.55. The third-order valence-corrected chi connectivity index (χ3v) is 2.24. The number of anilines is 3. The first-order chi connectivity index (χ1) is 9.19. The number of nitrogens with one attached hydrogen (secondary N) is 1. The zero-order valence-corrected chi connectivity index (χ0v) is 10.0. The minimum absolute atomic E-state index is 0.0390. The molecule has 0 spiro atoms. The first kappa shape index (κ1) is 13.0. The van der Waals surface area contributed by atoms with E-state index in [-0.39, 0.29) is 25.0 Å². The Morgan fingerprint density at radius 1 is 1.32 bits per heavy atom. The average molecular weight is 264 g/mol. The molecule has 6 nitrogen and oxygen atoms in total. The van der Waals surface area contributed by atoms with Crippen LogP contribution in [0.1, 0.15) is 0 Å². The Morgan fingerprint density at radius 3 is 2.68 bits per heavy atom. The second-order valence-electron chi connectivity index (χ2n) is 3.65. The number of nitrogens with zero attached hydrogens (tertiary/aromatic N) is 2. The molecule has 0 fully saturated rings. The zero-order valence-electron chi connectivity index (χ0n) is 10.0. The predicted molar refractivity (Wildman–Crippen MR) is 68.7 cm³/mol. The van der Waals surface area contributed by atoms with E-state index in [0.29, 0.717) is 11.4 Å². The van der Waals surface area contributed by atoms with Crippen LogP contribution in [0.3, 0.4) is 0 Å². The van der Waals surface area contributed by atoms with E-state index >= 15 is 0 Å². The van der Waals surface area contributed by atoms with E-state index in [1.807, 2.05) is 0 Å². The summed E-state index contributed by atoms with van der Waals surface area (Å²) < 4.78 is 18.1. The maximum absolute atomic E-state index is 12.9. The molecule has 0 aliphatic heterocycles. The number of aliphatic hydroxyl groups is 1. The lowest BCUT2D eigenvalue weighted by atomic mass is 10.3. The quantitative estimate of drug-likeness (QED) is 0.754. The molecule has 0 unspecified atom stereocenters. The van der Waals surface area contributed by atoms with Crippen LogP contribution in [-0.4, -0.2) is 28.3 Å². The molecule has 0 saturated heterocycles. The van der Waals surface area contributed by atoms with Crippen molar-refractivity contribution in [3.8, 4) is 5.75 Å². The fourth-order valence-electron chi connectivity index (χ4n) is 1.37. The molecule has 0 bridgehead atoms. The molecule has 0 atom stereocenters. The van der Waals surface area contributed by atoms with Crippen molar-refractivity contribution in [1.82, 2.24) is 9.97 Å². The van der Waals surface area contributed by atoms with Gasteiger partial charge in [-0.25, -0.2) is 9.37 Å². The summed E-state index contributed by atoms with van der Waals surface area (Å²) in [6.07, 6.45) is 1.00. The Balaban J connectivity index is 2.04. The number of benzene rings is 1. The van der Waals surface area contributed by atoms with Gasteiger partial charge in [0.1, 0.15) is 12.4 Å². The fraction of sp³-hybridized carbons (Fsp3) is 0.167. The van der Waals surface area contributed by atoms with Gasteiger partial charge >= 0.3 is 0 Å². The zero-order chi connectivity index (χ0) is 13.7. The van der Waals surface area contributed by atoms with Crippen LogP contribution in [0.5, 0.6) is 5.75 Å². The lowest BCUT2D eigenvalue weighted by Crippen LogP contribution is -2.03. The van der Waals surface area contributed by atoms with E-state index < -0.39 is 5.82 Å². The Morgan fingerprint density at radius 2 is 2.05 bits per heavy atom. The Hall–Kier alpha value is -2.41. The van der Waals surface area contributed by atoms with Gasteiger partial charge in [-0.2, -0.15) is 4.98 Å². The molecule has 0 radical (unpaired) electrons. The highest BCUT2D eigenvalue weighted by Gasteiger charge is 2.03. The first-order valence-corrected chi connectivity index (χ1v) is 5.58. The third-order valence-electron chi connectivity index (χ3n) is 2.24. The van der Waals surface area contributed by atoms with Gasteiger partial charge in [0.2, 0.25) is 5.95 Å². The second-order valence-corrected chi connectivity index (χ2v) is 3.65. The van der Waals surface area contributed by atoms with Crippen LogP contribution in [0.4, 0.5) is 21.8 Å². The summed E-state index contributed by atoms with van der Waals surface area (Å²) in [6.45, 7) is 0.201. The van der Waals surface area contributed by atoms with Crippen molar-refractivity contribution < 1.29 is 14.2 Å². The average Bonchev–Trinajstić information content (AvgIpc) is 2.42. The van der Waals surface area contributed by atoms with Crippen LogP contribution < -0.4 is 15.8 Å². The van der Waals surface area contributed by atoms with Gasteiger partial charge in [0.15, 0.2) is 11.6 Å². The van der Waals surface area contributed by atoms with Crippen LogP contribution in [-0.2, 0) is 0 Å². The highest BCUT2D eigenvalue weighted by Crippen LogP contribution is 2.18. The van der Waals surface area contributed by atoms with Crippen LogP contribution in [0.15, 0.2) is 30.5 Å². The molecule has 0 aliphatic carbocycles. The number of aliphatic hydroxyl groups excluding tert-OH is 1. The van der Waals surface area contributed by atoms with Gasteiger partial charge in [0.25, 0.3) is 0 Å². The van der Waals surface area contributed by atoms with Crippen LogP contribution >= 0.6 is 0 Å². The lowest BCUT2D eigenvalue weighted by Gasteiger charge is -2.07. The summed E-state index contributed by atoms with van der Waals surface area (Å²) in [5, 5.41) is 11.5. The summed E-state index contributed by atoms with van der Waals surface area (Å²) in [5.74, 6) is -0.0132. The molecule has 1 aromatic carbocycles. The highest BCUT2D eigenvalue weighted by atomic mass is 19.1. The van der Waals surface area contributed by atoms with Crippen molar-refractivity contribution in [2.75, 3.05) is 24.3 Å². The number of aromatic nitrogens is 2. The number of hydrogen-bond donors (Lipinski definition) is 3. The number of rotatable bonds is 5. The number of nitrogens with two attached hydrogens (primary N) is 1. The van der Waals surface area contributed by atoms with Crippen molar-refractivity contribution in [3.63, 3.8) is 0 Å². The van der Waals surface area contributed by atoms with Crippen molar-refractivity contribution in [2.24, 2.45) is 0 Å². The molecule has 1 aromatic heterocycles. The van der Waals surface area contributed by atoms with E-state index in [1.54, 1.807) is 24.3 Å². The van der Waals surface area contributed by atoms with Crippen molar-refractivity contribution in [2.45, 2.75) is 0 Å². The molecule has 1 heterocycles. The normalized spacial score (nSPS) is 10.2. The number of halogens is 1. The molecule has 0 aliphatic rings. The SMILES string of the molecule is Nc1nc(Nc2ccc(OCCO)cc2)ncc1F. The first-order valence-electron chi connectivity index (χ1n) is 5.58. The smallest absolute Gasteiger partial charge is 0.229 e. The minimum Gasteiger partial charge on any atom is -0.491 e. The summed E-state index contributed by atoms with van der Waals surface area (Å²) in [4.78, 5) is 7.52. The Kier molecular flexibility index (Phi) is 4.09. The van der Waals surface area contributed by atoms with E-state index in [4.69, 9.17) is 15.6 Å². The molecule has 19 heavy (non-hydrogen) atoms. The lowest BCUT2D eigenvalue weighted by molar-refractivity contribution is 0.201. The molecule has 2 aromatic rings. The van der Waals surface area contributed by atoms with E-state index in [0.717, 1.165) is 6.20 Å². The summed E-state index contributed by atoms with van der Waals surface area (Å²) >= 11 is 0. The summed E-state index contributed by atoms with van der Waals surface area (Å²) in [6, 6.07) is 6.95. The molecule has 2 rings (SSSR count). The van der Waals surface area contributed by atoms with Crippen molar-refractivity contribution in [3.05, 3.63) is 36.3 Å². The van der Waals surface area contributed by atoms with Crippen LogP contribution in [0, 0.1) is 5.82 Å². The fourth-order valence-corrected chi connectivity index (χ4v) is 1.37. The van der Waals surface area contributed by atoms with Gasteiger partial charge in [-0.15, -0.1) is 0 Å². The molecule has 4 N–H and O–H groups in total. The van der Waals surface area contributed by atoms with E-state index in [9.17, 15) is 4.39 Å². The van der Waals surface area contributed by atoms with E-state index in [2.05, 4.69) is 15.3 Å². The van der Waals surface area contributed by atoms with Crippen molar-refractivity contribution in [1.29, 1.82) is 0 Å². The van der Waals surface area contributed by atoms with Gasteiger partial charge in [0, 0.05) is 5.69 Å². The van der Waals surface area contributed by atoms with Crippen LogP contribution in [0.2, 0.25) is 0 Å². The van der Waals surface area contributed by atoms with E-state index in [1.165, 1.54) is 0 Å². The van der Waals surface area contributed by atoms with Gasteiger partial charge in [-0.3, -0.25) is 0 Å². The molecule has 7 heteroatoms. The Labute approximate surface area is 109 Å². The topological polar surface area (TPSA) is 93.3 Å². The van der Waals surface area contributed by atoms with Crippen molar-refractivity contribution >= 4 is 17.5 Å².